The zero-order chi connectivity index (χ0) is 14.3. The van der Waals surface area contributed by atoms with Gasteiger partial charge in [0.2, 0.25) is 0 Å². The van der Waals surface area contributed by atoms with Gasteiger partial charge in [0, 0.05) is 0 Å². The molecule has 1 atom stereocenters. The number of aliphatic hydroxyl groups is 1. The number of rotatable bonds is 8. The Balaban J connectivity index is 2.62. The Kier molecular flexibility index (Phi) is 6.89. The number of nitrogens with one attached hydrogen (secondary N) is 1. The van der Waals surface area contributed by atoms with E-state index in [1.807, 2.05) is 6.92 Å². The molecule has 19 heavy (non-hydrogen) atoms. The fraction of sp³-hybridized carbons (Fsp3) is 0.625. The minimum atomic E-state index is 0.00190. The summed E-state index contributed by atoms with van der Waals surface area (Å²) in [5.74, 6) is 1.41. The maximum atomic E-state index is 9.30. The molecular formula is C16H27NO2. The van der Waals surface area contributed by atoms with Gasteiger partial charge in [-0.1, -0.05) is 32.9 Å². The average Bonchev–Trinajstić information content (AvgIpc) is 2.40. The monoisotopic (exact) mass is 265 g/mol. The van der Waals surface area contributed by atoms with Crippen LogP contribution in [-0.2, 0) is 0 Å². The molecular weight excluding hydrogens is 238 g/mol. The van der Waals surface area contributed by atoms with Crippen molar-refractivity contribution in [1.82, 2.24) is 5.32 Å². The smallest absolute Gasteiger partial charge is 0.122 e. The quantitative estimate of drug-likeness (QED) is 0.759. The van der Waals surface area contributed by atoms with Crippen molar-refractivity contribution in [3.8, 4) is 5.75 Å². The second kappa shape index (κ2) is 8.18. The molecule has 0 radical (unpaired) electrons. The Bertz CT molecular complexity index is 377. The van der Waals surface area contributed by atoms with Crippen LogP contribution < -0.4 is 10.1 Å². The SMILES string of the molecule is CCCNC(CO)COc1cc(C(C)C)ccc1C. The summed E-state index contributed by atoms with van der Waals surface area (Å²) < 4.78 is 5.86. The second-order valence-electron chi connectivity index (χ2n) is 5.32. The summed E-state index contributed by atoms with van der Waals surface area (Å²) in [6.45, 7) is 10.0. The molecule has 108 valence electrons. The zero-order valence-corrected chi connectivity index (χ0v) is 12.6. The molecule has 1 aromatic carbocycles. The van der Waals surface area contributed by atoms with Crippen LogP contribution in [0.4, 0.5) is 0 Å². The molecule has 0 aliphatic rings. The van der Waals surface area contributed by atoms with Crippen LogP contribution in [0, 0.1) is 6.92 Å². The van der Waals surface area contributed by atoms with Crippen LogP contribution in [0.3, 0.4) is 0 Å². The molecule has 0 aliphatic heterocycles. The van der Waals surface area contributed by atoms with Gasteiger partial charge in [-0.25, -0.2) is 0 Å². The van der Waals surface area contributed by atoms with Gasteiger partial charge < -0.3 is 15.2 Å². The summed E-state index contributed by atoms with van der Waals surface area (Å²) in [4.78, 5) is 0. The van der Waals surface area contributed by atoms with Crippen LogP contribution in [-0.4, -0.2) is 30.9 Å². The summed E-state index contributed by atoms with van der Waals surface area (Å²) in [6.07, 6.45) is 1.05. The minimum Gasteiger partial charge on any atom is -0.492 e. The van der Waals surface area contributed by atoms with Crippen molar-refractivity contribution in [2.75, 3.05) is 19.8 Å². The largest absolute Gasteiger partial charge is 0.492 e. The lowest BCUT2D eigenvalue weighted by Crippen LogP contribution is -2.38. The predicted octanol–water partition coefficient (Wildman–Crippen LogP) is 2.86. The van der Waals surface area contributed by atoms with Gasteiger partial charge in [0.15, 0.2) is 0 Å². The van der Waals surface area contributed by atoms with Crippen molar-refractivity contribution in [3.63, 3.8) is 0 Å². The molecule has 1 aromatic rings. The van der Waals surface area contributed by atoms with Crippen LogP contribution in [0.25, 0.3) is 0 Å². The standard InChI is InChI=1S/C16H27NO2/c1-5-8-17-15(10-18)11-19-16-9-14(12(2)3)7-6-13(16)4/h6-7,9,12,15,17-18H,5,8,10-11H2,1-4H3. The van der Waals surface area contributed by atoms with E-state index in [-0.39, 0.29) is 12.6 Å². The lowest BCUT2D eigenvalue weighted by atomic mass is 10.0. The van der Waals surface area contributed by atoms with E-state index >= 15 is 0 Å². The maximum Gasteiger partial charge on any atom is 0.122 e. The third kappa shape index (κ3) is 5.21. The van der Waals surface area contributed by atoms with Gasteiger partial charge in [0.05, 0.1) is 12.6 Å². The normalized spacial score (nSPS) is 12.7. The van der Waals surface area contributed by atoms with Gasteiger partial charge in [-0.05, 0) is 43.0 Å². The molecule has 0 aromatic heterocycles. The molecule has 3 nitrogen and oxygen atoms in total. The summed E-state index contributed by atoms with van der Waals surface area (Å²) in [5, 5.41) is 12.6. The Labute approximate surface area is 117 Å². The number of hydrogen-bond donors (Lipinski definition) is 2. The number of ether oxygens (including phenoxy) is 1. The highest BCUT2D eigenvalue weighted by Gasteiger charge is 2.09. The van der Waals surface area contributed by atoms with Crippen molar-refractivity contribution in [2.45, 2.75) is 46.1 Å². The molecule has 1 unspecified atom stereocenters. The molecule has 3 heteroatoms. The first-order chi connectivity index (χ1) is 9.08. The summed E-state index contributed by atoms with van der Waals surface area (Å²) >= 11 is 0. The maximum absolute atomic E-state index is 9.30. The highest BCUT2D eigenvalue weighted by molar-refractivity contribution is 5.37. The van der Waals surface area contributed by atoms with Gasteiger partial charge in [-0.2, -0.15) is 0 Å². The van der Waals surface area contributed by atoms with Crippen LogP contribution in [0.5, 0.6) is 5.75 Å². The summed E-state index contributed by atoms with van der Waals surface area (Å²) in [6, 6.07) is 6.35. The van der Waals surface area contributed by atoms with Gasteiger partial charge >= 0.3 is 0 Å². The first kappa shape index (κ1) is 16.0. The van der Waals surface area contributed by atoms with Crippen LogP contribution in [0.1, 0.15) is 44.2 Å². The summed E-state index contributed by atoms with van der Waals surface area (Å²) in [5.41, 5.74) is 2.42. The second-order valence-corrected chi connectivity index (χ2v) is 5.32. The van der Waals surface area contributed by atoms with E-state index < -0.39 is 0 Å². The number of aliphatic hydroxyl groups excluding tert-OH is 1. The molecule has 0 fully saturated rings. The lowest BCUT2D eigenvalue weighted by molar-refractivity contribution is 0.183. The van der Waals surface area contributed by atoms with E-state index in [0.29, 0.717) is 12.5 Å². The Hall–Kier alpha value is -1.06. The first-order valence-electron chi connectivity index (χ1n) is 7.16. The topological polar surface area (TPSA) is 41.5 Å². The number of benzene rings is 1. The first-order valence-corrected chi connectivity index (χ1v) is 7.16. The lowest BCUT2D eigenvalue weighted by Gasteiger charge is -2.18. The fourth-order valence-electron chi connectivity index (χ4n) is 1.85. The predicted molar refractivity (Wildman–Crippen MR) is 79.9 cm³/mol. The van der Waals surface area contributed by atoms with Crippen LogP contribution in [0.2, 0.25) is 0 Å². The zero-order valence-electron chi connectivity index (χ0n) is 12.6. The van der Waals surface area contributed by atoms with Crippen LogP contribution >= 0.6 is 0 Å². The third-order valence-corrected chi connectivity index (χ3v) is 3.22. The third-order valence-electron chi connectivity index (χ3n) is 3.22. The Morgan fingerprint density at radius 3 is 2.63 bits per heavy atom. The van der Waals surface area contributed by atoms with Crippen molar-refractivity contribution >= 4 is 0 Å². The van der Waals surface area contributed by atoms with Crippen molar-refractivity contribution in [1.29, 1.82) is 0 Å². The van der Waals surface area contributed by atoms with E-state index in [0.717, 1.165) is 24.3 Å². The van der Waals surface area contributed by atoms with E-state index in [1.165, 1.54) is 5.56 Å². The molecule has 0 spiro atoms. The van der Waals surface area contributed by atoms with Crippen molar-refractivity contribution in [2.24, 2.45) is 0 Å². The average molecular weight is 265 g/mol. The molecule has 0 bridgehead atoms. The highest BCUT2D eigenvalue weighted by Crippen LogP contribution is 2.24. The molecule has 1 rings (SSSR count). The van der Waals surface area contributed by atoms with Gasteiger partial charge in [0.1, 0.15) is 12.4 Å². The van der Waals surface area contributed by atoms with Crippen molar-refractivity contribution < 1.29 is 9.84 Å². The van der Waals surface area contributed by atoms with E-state index in [1.54, 1.807) is 0 Å². The molecule has 0 amide bonds. The van der Waals surface area contributed by atoms with E-state index in [2.05, 4.69) is 44.3 Å². The molecule has 0 aliphatic carbocycles. The summed E-state index contributed by atoms with van der Waals surface area (Å²) in [7, 11) is 0. The number of hydrogen-bond acceptors (Lipinski definition) is 3. The molecule has 2 N–H and O–H groups in total. The fourth-order valence-corrected chi connectivity index (χ4v) is 1.85. The Morgan fingerprint density at radius 1 is 1.32 bits per heavy atom. The Morgan fingerprint density at radius 2 is 2.05 bits per heavy atom. The molecule has 0 saturated heterocycles. The highest BCUT2D eigenvalue weighted by atomic mass is 16.5. The van der Waals surface area contributed by atoms with Crippen molar-refractivity contribution in [3.05, 3.63) is 29.3 Å². The van der Waals surface area contributed by atoms with Crippen LogP contribution in [0.15, 0.2) is 18.2 Å². The van der Waals surface area contributed by atoms with Gasteiger partial charge in [-0.15, -0.1) is 0 Å². The molecule has 0 heterocycles. The number of aryl methyl sites for hydroxylation is 1. The van der Waals surface area contributed by atoms with E-state index in [4.69, 9.17) is 4.74 Å². The molecule has 0 saturated carbocycles. The van der Waals surface area contributed by atoms with Gasteiger partial charge in [0.25, 0.3) is 0 Å². The van der Waals surface area contributed by atoms with E-state index in [9.17, 15) is 5.11 Å². The minimum absolute atomic E-state index is 0.00190. The van der Waals surface area contributed by atoms with Gasteiger partial charge in [-0.3, -0.25) is 0 Å².